The summed E-state index contributed by atoms with van der Waals surface area (Å²) >= 11 is 5.84. The van der Waals surface area contributed by atoms with Crippen LogP contribution >= 0.6 is 11.6 Å². The molecule has 0 saturated heterocycles. The van der Waals surface area contributed by atoms with Gasteiger partial charge in [0.25, 0.3) is 5.56 Å². The summed E-state index contributed by atoms with van der Waals surface area (Å²) < 4.78 is 47.9. The van der Waals surface area contributed by atoms with E-state index in [2.05, 4.69) is 9.88 Å². The molecule has 0 saturated carbocycles. The first-order valence-electron chi connectivity index (χ1n) is 12.9. The summed E-state index contributed by atoms with van der Waals surface area (Å²) in [6.45, 7) is -0.146. The Labute approximate surface area is 244 Å². The van der Waals surface area contributed by atoms with Gasteiger partial charge in [0.2, 0.25) is 10.0 Å². The lowest BCUT2D eigenvalue weighted by Crippen LogP contribution is -2.24. The number of aromatic nitrogens is 3. The van der Waals surface area contributed by atoms with Crippen LogP contribution in [0.1, 0.15) is 30.8 Å². The molecule has 2 N–H and O–H groups in total. The van der Waals surface area contributed by atoms with Crippen LogP contribution in [-0.4, -0.2) is 34.2 Å². The third-order valence-electron chi connectivity index (χ3n) is 6.48. The number of fused-ring (bicyclic) bond motifs is 1. The molecule has 0 unspecified atom stereocenters. The standard InChI is InChI=1S/C29H24ClFN4O6S/c30-19-6-12-23(13-7-19)42(39,40)32-17-22-16-25(34-41-22)18-5-14-24-26(15-18)33-27(3-1-2-4-28(36)37)35(29(24)38)21-10-8-20(31)9-11-21/h5-16,32H,1-4,17H2,(H,36,37). The van der Waals surface area contributed by atoms with Crippen molar-refractivity contribution in [2.75, 3.05) is 0 Å². The minimum atomic E-state index is -3.81. The number of carboxylic acid groups (broad SMARTS) is 1. The van der Waals surface area contributed by atoms with Crippen molar-refractivity contribution >= 4 is 38.5 Å². The second kappa shape index (κ2) is 12.2. The van der Waals surface area contributed by atoms with Gasteiger partial charge in [-0.05, 0) is 73.5 Å². The van der Waals surface area contributed by atoms with Crippen molar-refractivity contribution in [2.24, 2.45) is 0 Å². The van der Waals surface area contributed by atoms with Gasteiger partial charge in [-0.15, -0.1) is 0 Å². The maximum atomic E-state index is 13.6. The highest BCUT2D eigenvalue weighted by Gasteiger charge is 2.17. The molecular formula is C29H24ClFN4O6S. The van der Waals surface area contributed by atoms with E-state index in [9.17, 15) is 22.4 Å². The number of nitrogens with one attached hydrogen (secondary N) is 1. The molecule has 0 aliphatic carbocycles. The Morgan fingerprint density at radius 1 is 1.02 bits per heavy atom. The molecule has 2 aromatic heterocycles. The van der Waals surface area contributed by atoms with Crippen molar-refractivity contribution in [3.05, 3.63) is 106 Å². The topological polar surface area (TPSA) is 144 Å². The molecule has 3 aromatic carbocycles. The Morgan fingerprint density at radius 3 is 2.48 bits per heavy atom. The molecule has 0 aliphatic rings. The Balaban J connectivity index is 1.43. The van der Waals surface area contributed by atoms with Crippen molar-refractivity contribution < 1.29 is 27.2 Å². The molecule has 2 heterocycles. The fourth-order valence-corrected chi connectivity index (χ4v) is 5.49. The summed E-state index contributed by atoms with van der Waals surface area (Å²) in [4.78, 5) is 29.3. The molecule has 42 heavy (non-hydrogen) atoms. The number of rotatable bonds is 11. The zero-order valence-electron chi connectivity index (χ0n) is 22.0. The number of benzene rings is 3. The van der Waals surface area contributed by atoms with Gasteiger partial charge in [-0.1, -0.05) is 22.8 Å². The van der Waals surface area contributed by atoms with E-state index >= 15 is 0 Å². The van der Waals surface area contributed by atoms with Gasteiger partial charge in [-0.3, -0.25) is 14.2 Å². The number of hydrogen-bond donors (Lipinski definition) is 2. The van der Waals surface area contributed by atoms with E-state index < -0.39 is 21.8 Å². The van der Waals surface area contributed by atoms with Crippen molar-refractivity contribution in [3.8, 4) is 16.9 Å². The van der Waals surface area contributed by atoms with Gasteiger partial charge in [0.15, 0.2) is 5.76 Å². The average molecular weight is 611 g/mol. The maximum Gasteiger partial charge on any atom is 0.303 e. The van der Waals surface area contributed by atoms with Crippen LogP contribution in [0.25, 0.3) is 27.8 Å². The van der Waals surface area contributed by atoms with E-state index in [1.165, 1.54) is 53.1 Å². The number of nitrogens with zero attached hydrogens (tertiary/aromatic N) is 3. The lowest BCUT2D eigenvalue weighted by atomic mass is 10.1. The van der Waals surface area contributed by atoms with Gasteiger partial charge in [0.05, 0.1) is 28.0 Å². The van der Waals surface area contributed by atoms with Crippen LogP contribution in [0.3, 0.4) is 0 Å². The van der Waals surface area contributed by atoms with Crippen molar-refractivity contribution in [2.45, 2.75) is 37.1 Å². The highest BCUT2D eigenvalue weighted by atomic mass is 35.5. The van der Waals surface area contributed by atoms with Crippen molar-refractivity contribution in [3.63, 3.8) is 0 Å². The molecule has 10 nitrogen and oxygen atoms in total. The van der Waals surface area contributed by atoms with E-state index in [4.69, 9.17) is 26.2 Å². The lowest BCUT2D eigenvalue weighted by molar-refractivity contribution is -0.137. The predicted molar refractivity (Wildman–Crippen MR) is 153 cm³/mol. The van der Waals surface area contributed by atoms with E-state index in [1.807, 2.05) is 0 Å². The second-order valence-electron chi connectivity index (χ2n) is 9.43. The first kappa shape index (κ1) is 29.1. The number of halogens is 2. The monoisotopic (exact) mass is 610 g/mol. The van der Waals surface area contributed by atoms with Crippen LogP contribution in [0.4, 0.5) is 4.39 Å². The van der Waals surface area contributed by atoms with Crippen molar-refractivity contribution in [1.29, 1.82) is 0 Å². The zero-order valence-corrected chi connectivity index (χ0v) is 23.5. The zero-order chi connectivity index (χ0) is 29.9. The summed E-state index contributed by atoms with van der Waals surface area (Å²) in [5.74, 6) is -0.690. The smallest absolute Gasteiger partial charge is 0.303 e. The Morgan fingerprint density at radius 2 is 1.76 bits per heavy atom. The van der Waals surface area contributed by atoms with Gasteiger partial charge in [0, 0.05) is 29.5 Å². The fourth-order valence-electron chi connectivity index (χ4n) is 4.37. The minimum absolute atomic E-state index is 0.0111. The third kappa shape index (κ3) is 6.56. The van der Waals surface area contributed by atoms with Crippen LogP contribution in [0.2, 0.25) is 5.02 Å². The summed E-state index contributed by atoms with van der Waals surface area (Å²) in [5, 5.41) is 13.7. The number of aliphatic carboxylic acids is 1. The van der Waals surface area contributed by atoms with Gasteiger partial charge < -0.3 is 9.63 Å². The number of sulfonamides is 1. The molecule has 0 radical (unpaired) electrons. The first-order chi connectivity index (χ1) is 20.1. The van der Waals surface area contributed by atoms with E-state index in [0.717, 1.165) is 0 Å². The molecule has 0 aliphatic heterocycles. The summed E-state index contributed by atoms with van der Waals surface area (Å²) in [7, 11) is -3.81. The molecule has 5 rings (SSSR count). The molecule has 0 atom stereocenters. The van der Waals surface area contributed by atoms with E-state index in [1.54, 1.807) is 24.3 Å². The Hall–Kier alpha value is -4.39. The second-order valence-corrected chi connectivity index (χ2v) is 11.6. The van der Waals surface area contributed by atoms with Gasteiger partial charge in [0.1, 0.15) is 17.3 Å². The number of carbonyl (C=O) groups is 1. The number of unbranched alkanes of at least 4 members (excludes halogenated alkanes) is 1. The molecule has 0 spiro atoms. The molecule has 0 fully saturated rings. The van der Waals surface area contributed by atoms with Crippen LogP contribution in [-0.2, 0) is 27.8 Å². The lowest BCUT2D eigenvalue weighted by Gasteiger charge is -2.14. The highest BCUT2D eigenvalue weighted by Crippen LogP contribution is 2.24. The Bertz CT molecular complexity index is 1920. The van der Waals surface area contributed by atoms with E-state index in [0.29, 0.717) is 58.0 Å². The third-order valence-corrected chi connectivity index (χ3v) is 8.15. The van der Waals surface area contributed by atoms with Crippen LogP contribution in [0.5, 0.6) is 0 Å². The molecule has 5 aromatic rings. The Kier molecular flexibility index (Phi) is 8.48. The summed E-state index contributed by atoms with van der Waals surface area (Å²) in [6.07, 6.45) is 1.19. The molecule has 13 heteroatoms. The molecule has 0 bridgehead atoms. The molecule has 216 valence electrons. The quantitative estimate of drug-likeness (QED) is 0.196. The molecular weight excluding hydrogens is 587 g/mol. The van der Waals surface area contributed by atoms with Crippen LogP contribution in [0, 0.1) is 5.82 Å². The minimum Gasteiger partial charge on any atom is -0.481 e. The van der Waals surface area contributed by atoms with Gasteiger partial charge >= 0.3 is 5.97 Å². The van der Waals surface area contributed by atoms with E-state index in [-0.39, 0.29) is 29.2 Å². The van der Waals surface area contributed by atoms with Crippen molar-refractivity contribution in [1.82, 2.24) is 19.4 Å². The van der Waals surface area contributed by atoms with Gasteiger partial charge in [-0.25, -0.2) is 22.5 Å². The first-order valence-corrected chi connectivity index (χ1v) is 14.7. The largest absolute Gasteiger partial charge is 0.481 e. The average Bonchev–Trinajstić information content (AvgIpc) is 3.44. The maximum absolute atomic E-state index is 13.6. The number of carboxylic acids is 1. The summed E-state index contributed by atoms with van der Waals surface area (Å²) in [5.41, 5.74) is 1.46. The molecule has 0 amide bonds. The SMILES string of the molecule is O=C(O)CCCCc1nc2cc(-c3cc(CNS(=O)(=O)c4ccc(Cl)cc4)on3)ccc2c(=O)n1-c1ccc(F)cc1. The summed E-state index contributed by atoms with van der Waals surface area (Å²) in [6, 6.07) is 17.7. The van der Waals surface area contributed by atoms with Crippen LogP contribution < -0.4 is 10.3 Å². The number of hydrogen-bond acceptors (Lipinski definition) is 7. The van der Waals surface area contributed by atoms with Gasteiger partial charge in [-0.2, -0.15) is 0 Å². The predicted octanol–water partition coefficient (Wildman–Crippen LogP) is 5.11. The normalized spacial score (nSPS) is 11.7. The fraction of sp³-hybridized carbons (Fsp3) is 0.172. The van der Waals surface area contributed by atoms with Crippen LogP contribution in [0.15, 0.2) is 87.0 Å². The number of aryl methyl sites for hydroxylation is 1. The highest BCUT2D eigenvalue weighted by molar-refractivity contribution is 7.89.